The molecule has 262 valence electrons. The van der Waals surface area contributed by atoms with Crippen LogP contribution in [0.5, 0.6) is 0 Å². The fourth-order valence-corrected chi connectivity index (χ4v) is 13.1. The van der Waals surface area contributed by atoms with E-state index in [2.05, 4.69) is 172 Å². The first kappa shape index (κ1) is 32.9. The smallest absolute Gasteiger partial charge is 0.298 e. The van der Waals surface area contributed by atoms with Crippen molar-refractivity contribution in [3.63, 3.8) is 0 Å². The van der Waals surface area contributed by atoms with Crippen molar-refractivity contribution in [1.29, 1.82) is 0 Å². The Morgan fingerprint density at radius 1 is 0.389 bits per heavy atom. The zero-order chi connectivity index (χ0) is 37.0. The summed E-state index contributed by atoms with van der Waals surface area (Å²) in [6.45, 7) is 13.3. The second kappa shape index (κ2) is 11.7. The maximum atomic E-state index is 5.55. The molecule has 0 spiro atoms. The van der Waals surface area contributed by atoms with E-state index in [0.29, 0.717) is 0 Å². The maximum Gasteiger partial charge on any atom is 0.298 e. The first-order valence-electron chi connectivity index (χ1n) is 18.6. The molecular weight excluding hydrogens is 711 g/mol. The SMILES string of the molecule is C[Si]1(C)N=c2cccc(N(c3ccc(-c4ccccc4)c4c3=N[Si](C)(C)N=4)c3ccc(-c4c5ccccc5cc5ccccc45)c4c3=N[Si](C)(C)N=4)c2=N1. The van der Waals surface area contributed by atoms with Crippen LogP contribution in [-0.4, -0.2) is 25.2 Å². The molecule has 0 saturated carbocycles. The van der Waals surface area contributed by atoms with E-state index in [1.54, 1.807) is 0 Å². The number of fused-ring (bicyclic) bond motifs is 5. The Morgan fingerprint density at radius 3 is 1.50 bits per heavy atom. The summed E-state index contributed by atoms with van der Waals surface area (Å²) in [5.41, 5.74) is 7.43. The summed E-state index contributed by atoms with van der Waals surface area (Å²) < 4.78 is 32.4. The van der Waals surface area contributed by atoms with Gasteiger partial charge >= 0.3 is 0 Å². The van der Waals surface area contributed by atoms with Gasteiger partial charge < -0.3 is 4.90 Å². The van der Waals surface area contributed by atoms with Crippen molar-refractivity contribution in [1.82, 2.24) is 0 Å². The minimum absolute atomic E-state index is 0.914. The molecule has 0 saturated heterocycles. The lowest BCUT2D eigenvalue weighted by molar-refractivity contribution is 1.17. The van der Waals surface area contributed by atoms with Crippen molar-refractivity contribution in [2.24, 2.45) is 27.9 Å². The molecule has 3 aliphatic heterocycles. The molecular formula is C44H39N7Si3. The van der Waals surface area contributed by atoms with E-state index < -0.39 is 25.2 Å². The summed E-state index contributed by atoms with van der Waals surface area (Å²) in [5.74, 6) is 0. The van der Waals surface area contributed by atoms with E-state index in [0.717, 1.165) is 65.9 Å². The van der Waals surface area contributed by atoms with Crippen LogP contribution < -0.4 is 37.0 Å². The highest BCUT2D eigenvalue weighted by Crippen LogP contribution is 2.37. The minimum Gasteiger partial charge on any atom is -0.304 e. The number of anilines is 3. The highest BCUT2D eigenvalue weighted by molar-refractivity contribution is 6.75. The lowest BCUT2D eigenvalue weighted by Gasteiger charge is -2.26. The van der Waals surface area contributed by atoms with E-state index in [-0.39, 0.29) is 0 Å². The van der Waals surface area contributed by atoms with Crippen LogP contribution in [0.2, 0.25) is 39.3 Å². The Morgan fingerprint density at radius 2 is 0.870 bits per heavy atom. The van der Waals surface area contributed by atoms with Crippen LogP contribution >= 0.6 is 0 Å². The fraction of sp³-hybridized carbons (Fsp3) is 0.136. The molecule has 0 aliphatic carbocycles. The predicted molar refractivity (Wildman–Crippen MR) is 226 cm³/mol. The summed E-state index contributed by atoms with van der Waals surface area (Å²) in [4.78, 5) is 2.34. The molecule has 3 aliphatic rings. The average molecular weight is 750 g/mol. The van der Waals surface area contributed by atoms with Gasteiger partial charge in [-0.1, -0.05) is 91.0 Å². The minimum atomic E-state index is -2.41. The lowest BCUT2D eigenvalue weighted by atomic mass is 9.91. The number of benzene rings is 7. The molecule has 7 aromatic rings. The third kappa shape index (κ3) is 5.27. The predicted octanol–water partition coefficient (Wildman–Crippen LogP) is 7.66. The standard InChI is InChI=1S/C44H39N7Si3/c1-52(2)45-35-21-14-22-36(42(35)48-52)51(37-25-23-33(28-15-8-7-9-16-28)40-43(37)49-53(3,4)46-40)38-26-24-34(41-44(38)50-54(5,6)47-41)39-31-19-12-10-17-29(31)27-30-18-11-13-20-32(30)39/h7-27H,1-6H3. The number of hydrogen-bond acceptors (Lipinski definition) is 7. The summed E-state index contributed by atoms with van der Waals surface area (Å²) in [6.07, 6.45) is 0. The van der Waals surface area contributed by atoms with E-state index in [4.69, 9.17) is 27.9 Å². The second-order valence-electron chi connectivity index (χ2n) is 15.9. The second-order valence-corrected chi connectivity index (χ2v) is 26.2. The van der Waals surface area contributed by atoms with Crippen molar-refractivity contribution >= 4 is 63.8 Å². The largest absolute Gasteiger partial charge is 0.304 e. The molecule has 0 bridgehead atoms. The van der Waals surface area contributed by atoms with Crippen molar-refractivity contribution in [3.8, 4) is 22.3 Å². The van der Waals surface area contributed by atoms with Crippen LogP contribution in [-0.2, 0) is 0 Å². The van der Waals surface area contributed by atoms with Gasteiger partial charge in [0.2, 0.25) is 0 Å². The maximum absolute atomic E-state index is 5.55. The van der Waals surface area contributed by atoms with E-state index in [9.17, 15) is 0 Å². The van der Waals surface area contributed by atoms with Crippen LogP contribution in [0.25, 0.3) is 43.8 Å². The number of rotatable bonds is 5. The first-order chi connectivity index (χ1) is 26.0. The third-order valence-electron chi connectivity index (χ3n) is 10.4. The molecule has 0 fully saturated rings. The summed E-state index contributed by atoms with van der Waals surface area (Å²) in [7, 11) is -6.95. The Bertz CT molecular complexity index is 3110. The number of nitrogens with zero attached hydrogens (tertiary/aromatic N) is 7. The molecule has 0 unspecified atom stereocenters. The van der Waals surface area contributed by atoms with Crippen LogP contribution in [0.1, 0.15) is 0 Å². The molecule has 0 radical (unpaired) electrons. The van der Waals surface area contributed by atoms with E-state index in [1.807, 2.05) is 0 Å². The lowest BCUT2D eigenvalue weighted by Crippen LogP contribution is -2.38. The average Bonchev–Trinajstić information content (AvgIpc) is 3.78. The van der Waals surface area contributed by atoms with Gasteiger partial charge in [-0.25, -0.2) is 0 Å². The van der Waals surface area contributed by atoms with Crippen LogP contribution in [0.4, 0.5) is 17.1 Å². The molecule has 0 aromatic heterocycles. The Hall–Kier alpha value is -5.69. The van der Waals surface area contributed by atoms with Crippen LogP contribution in [0.3, 0.4) is 0 Å². The van der Waals surface area contributed by atoms with Gasteiger partial charge in [-0.3, -0.25) is 27.9 Å². The fourth-order valence-electron chi connectivity index (χ4n) is 8.33. The summed E-state index contributed by atoms with van der Waals surface area (Å²) in [5, 5.41) is 10.4. The van der Waals surface area contributed by atoms with Gasteiger partial charge in [0, 0.05) is 11.1 Å². The van der Waals surface area contributed by atoms with E-state index >= 15 is 0 Å². The van der Waals surface area contributed by atoms with E-state index in [1.165, 1.54) is 27.1 Å². The first-order valence-corrected chi connectivity index (χ1v) is 27.2. The summed E-state index contributed by atoms with van der Waals surface area (Å²) in [6, 6.07) is 45.5. The monoisotopic (exact) mass is 749 g/mol. The van der Waals surface area contributed by atoms with Gasteiger partial charge in [0.25, 0.3) is 25.2 Å². The molecule has 0 amide bonds. The third-order valence-corrected chi connectivity index (χ3v) is 15.1. The van der Waals surface area contributed by atoms with Crippen LogP contribution in [0.15, 0.2) is 155 Å². The number of hydrogen-bond donors (Lipinski definition) is 0. The highest BCUT2D eigenvalue weighted by Gasteiger charge is 2.33. The highest BCUT2D eigenvalue weighted by atomic mass is 28.4. The quantitative estimate of drug-likeness (QED) is 0.132. The molecule has 10 heteroatoms. The van der Waals surface area contributed by atoms with Gasteiger partial charge in [-0.05, 0) is 108 Å². The molecule has 54 heavy (non-hydrogen) atoms. The van der Waals surface area contributed by atoms with Gasteiger partial charge in [-0.15, -0.1) is 0 Å². The zero-order valence-electron chi connectivity index (χ0n) is 31.3. The van der Waals surface area contributed by atoms with Gasteiger partial charge in [-0.2, -0.15) is 0 Å². The van der Waals surface area contributed by atoms with Crippen molar-refractivity contribution in [2.75, 3.05) is 4.90 Å². The topological polar surface area (TPSA) is 77.4 Å². The normalized spacial score (nSPS) is 16.6. The van der Waals surface area contributed by atoms with Gasteiger partial charge in [0.1, 0.15) is 0 Å². The van der Waals surface area contributed by atoms with Crippen molar-refractivity contribution < 1.29 is 0 Å². The van der Waals surface area contributed by atoms with Gasteiger partial charge in [0.05, 0.1) is 49.2 Å². The zero-order valence-corrected chi connectivity index (χ0v) is 34.3. The van der Waals surface area contributed by atoms with Crippen molar-refractivity contribution in [2.45, 2.75) is 39.3 Å². The summed E-state index contributed by atoms with van der Waals surface area (Å²) >= 11 is 0. The Balaban J connectivity index is 1.32. The Kier molecular flexibility index (Phi) is 7.10. The molecule has 0 N–H and O–H groups in total. The van der Waals surface area contributed by atoms with Crippen LogP contribution in [0, 0.1) is 0 Å². The molecule has 7 nitrogen and oxygen atoms in total. The van der Waals surface area contributed by atoms with Crippen molar-refractivity contribution in [3.05, 3.63) is 160 Å². The molecule has 3 heterocycles. The molecule has 10 rings (SSSR count). The molecule has 7 aromatic carbocycles. The molecule has 0 atom stereocenters. The van der Waals surface area contributed by atoms with Gasteiger partial charge in [0.15, 0.2) is 0 Å². The Labute approximate surface area is 316 Å².